The Labute approximate surface area is 219 Å². The van der Waals surface area contributed by atoms with E-state index in [9.17, 15) is 19.5 Å². The lowest BCUT2D eigenvalue weighted by Gasteiger charge is -2.37. The first-order valence-electron chi connectivity index (χ1n) is 12.3. The van der Waals surface area contributed by atoms with Gasteiger partial charge in [0.2, 0.25) is 11.8 Å². The fraction of sp³-hybridized carbons (Fsp3) is 0.444. The standard InChI is InChI=1S/C27H29ClN2O5S/c1-2-35-26(34)21-20-12-13-27(36-20)22(21)25(33)30(19(15-31)14-16-6-4-3-5-7-16)23(27)24(32)29-18-10-8-17(28)9-11-18/h3-11,19-23,31H,2,12-15H2,1H3,(H,29,32)/t19-,20-,21+,22+,23?,27?/m1/s1. The van der Waals surface area contributed by atoms with Gasteiger partial charge in [-0.25, -0.2) is 0 Å². The maximum absolute atomic E-state index is 14.1. The molecule has 6 atom stereocenters. The molecule has 3 aliphatic rings. The summed E-state index contributed by atoms with van der Waals surface area (Å²) in [4.78, 5) is 42.5. The number of carbonyl (C=O) groups excluding carboxylic acids is 3. The number of nitrogens with zero attached hydrogens (tertiary/aromatic N) is 1. The van der Waals surface area contributed by atoms with Crippen molar-refractivity contribution in [3.05, 3.63) is 65.2 Å². The maximum Gasteiger partial charge on any atom is 0.310 e. The minimum absolute atomic E-state index is 0.0623. The highest BCUT2D eigenvalue weighted by Crippen LogP contribution is 2.66. The molecule has 0 aliphatic carbocycles. The monoisotopic (exact) mass is 528 g/mol. The van der Waals surface area contributed by atoms with Crippen LogP contribution in [0.2, 0.25) is 5.02 Å². The molecule has 2 aromatic carbocycles. The molecule has 2 bridgehead atoms. The number of benzene rings is 2. The van der Waals surface area contributed by atoms with Crippen molar-refractivity contribution in [2.24, 2.45) is 11.8 Å². The van der Waals surface area contributed by atoms with E-state index in [1.165, 1.54) is 0 Å². The van der Waals surface area contributed by atoms with Crippen LogP contribution in [0.4, 0.5) is 5.69 Å². The van der Waals surface area contributed by atoms with Crippen molar-refractivity contribution in [2.45, 2.75) is 48.3 Å². The van der Waals surface area contributed by atoms with E-state index < -0.39 is 28.7 Å². The van der Waals surface area contributed by atoms with Crippen LogP contribution >= 0.6 is 23.4 Å². The number of thioether (sulfide) groups is 1. The molecule has 1 spiro atoms. The molecule has 2 amide bonds. The summed E-state index contributed by atoms with van der Waals surface area (Å²) >= 11 is 7.59. The second kappa shape index (κ2) is 10.1. The third-order valence-electron chi connectivity index (χ3n) is 7.58. The van der Waals surface area contributed by atoms with Gasteiger partial charge < -0.3 is 20.1 Å². The van der Waals surface area contributed by atoms with E-state index in [1.54, 1.807) is 47.9 Å². The predicted octanol–water partition coefficient (Wildman–Crippen LogP) is 3.54. The van der Waals surface area contributed by atoms with Gasteiger partial charge in [-0.2, -0.15) is 0 Å². The van der Waals surface area contributed by atoms with Gasteiger partial charge in [-0.3, -0.25) is 14.4 Å². The van der Waals surface area contributed by atoms with Crippen LogP contribution < -0.4 is 5.32 Å². The van der Waals surface area contributed by atoms with E-state index in [0.717, 1.165) is 12.0 Å². The number of fused-ring (bicyclic) bond motifs is 1. The number of likely N-dealkylation sites (tertiary alicyclic amines) is 1. The number of hydrogen-bond acceptors (Lipinski definition) is 6. The highest BCUT2D eigenvalue weighted by molar-refractivity contribution is 8.02. The normalized spacial score (nSPS) is 29.2. The Morgan fingerprint density at radius 1 is 1.22 bits per heavy atom. The Bertz CT molecular complexity index is 1150. The number of ether oxygens (including phenoxy) is 1. The molecular formula is C27H29ClN2O5S. The van der Waals surface area contributed by atoms with Crippen LogP contribution in [-0.4, -0.2) is 63.1 Å². The first-order chi connectivity index (χ1) is 17.4. The number of aliphatic hydroxyl groups excluding tert-OH is 1. The zero-order chi connectivity index (χ0) is 25.4. The zero-order valence-corrected chi connectivity index (χ0v) is 21.5. The van der Waals surface area contributed by atoms with Gasteiger partial charge in [0.25, 0.3) is 0 Å². The lowest BCUT2D eigenvalue weighted by molar-refractivity contribution is -0.154. The Morgan fingerprint density at radius 2 is 1.94 bits per heavy atom. The fourth-order valence-electron chi connectivity index (χ4n) is 6.17. The van der Waals surface area contributed by atoms with Crippen LogP contribution in [0.5, 0.6) is 0 Å². The van der Waals surface area contributed by atoms with E-state index in [1.807, 2.05) is 30.3 Å². The van der Waals surface area contributed by atoms with Crippen LogP contribution in [0.3, 0.4) is 0 Å². The van der Waals surface area contributed by atoms with Crippen LogP contribution in [0.25, 0.3) is 0 Å². The average molecular weight is 529 g/mol. The summed E-state index contributed by atoms with van der Waals surface area (Å²) < 4.78 is 4.62. The summed E-state index contributed by atoms with van der Waals surface area (Å²) in [6.45, 7) is 1.69. The smallest absolute Gasteiger partial charge is 0.310 e. The fourth-order valence-corrected chi connectivity index (χ4v) is 8.49. The summed E-state index contributed by atoms with van der Waals surface area (Å²) in [5.41, 5.74) is 1.52. The minimum atomic E-state index is -0.832. The summed E-state index contributed by atoms with van der Waals surface area (Å²) in [5, 5.41) is 13.9. The summed E-state index contributed by atoms with van der Waals surface area (Å²) in [5.74, 6) is -2.21. The Balaban J connectivity index is 1.53. The van der Waals surface area contributed by atoms with Gasteiger partial charge in [-0.15, -0.1) is 11.8 Å². The topological polar surface area (TPSA) is 95.9 Å². The number of nitrogens with one attached hydrogen (secondary N) is 1. The lowest BCUT2D eigenvalue weighted by atomic mass is 9.71. The number of anilines is 1. The molecule has 0 saturated carbocycles. The van der Waals surface area contributed by atoms with Gasteiger partial charge >= 0.3 is 5.97 Å². The molecule has 2 aromatic rings. The number of hydrogen-bond donors (Lipinski definition) is 2. The number of esters is 1. The second-order valence-electron chi connectivity index (χ2n) is 9.58. The van der Waals surface area contributed by atoms with E-state index >= 15 is 0 Å². The minimum Gasteiger partial charge on any atom is -0.466 e. The number of aliphatic hydroxyl groups is 1. The van der Waals surface area contributed by atoms with Crippen molar-refractivity contribution in [3.8, 4) is 0 Å². The molecule has 0 aromatic heterocycles. The molecule has 3 saturated heterocycles. The van der Waals surface area contributed by atoms with E-state index in [2.05, 4.69) is 5.32 Å². The van der Waals surface area contributed by atoms with E-state index in [-0.39, 0.29) is 36.2 Å². The molecule has 3 aliphatic heterocycles. The van der Waals surface area contributed by atoms with Crippen molar-refractivity contribution in [2.75, 3.05) is 18.5 Å². The SMILES string of the molecule is CCOC(=O)[C@@H]1[C@H]2C(=O)N([C@@H](CO)Cc3ccccc3)C(C(=O)Nc3ccc(Cl)cc3)C23CC[C@H]1S3. The summed E-state index contributed by atoms with van der Waals surface area (Å²) in [6.07, 6.45) is 1.78. The van der Waals surface area contributed by atoms with Crippen LogP contribution in [0.1, 0.15) is 25.3 Å². The zero-order valence-electron chi connectivity index (χ0n) is 19.9. The molecule has 3 fully saturated rings. The van der Waals surface area contributed by atoms with Gasteiger partial charge in [0, 0.05) is 16.0 Å². The molecule has 36 heavy (non-hydrogen) atoms. The number of rotatable bonds is 8. The molecule has 190 valence electrons. The van der Waals surface area contributed by atoms with Crippen LogP contribution in [-0.2, 0) is 25.5 Å². The largest absolute Gasteiger partial charge is 0.466 e. The third kappa shape index (κ3) is 4.19. The second-order valence-corrected chi connectivity index (χ2v) is 11.6. The Kier molecular flexibility index (Phi) is 7.03. The number of carbonyl (C=O) groups is 3. The van der Waals surface area contributed by atoms with Crippen molar-refractivity contribution in [1.82, 2.24) is 4.90 Å². The first-order valence-corrected chi connectivity index (χ1v) is 13.5. The summed E-state index contributed by atoms with van der Waals surface area (Å²) in [7, 11) is 0. The summed E-state index contributed by atoms with van der Waals surface area (Å²) in [6, 6.07) is 15.0. The molecule has 5 rings (SSSR count). The predicted molar refractivity (Wildman–Crippen MR) is 139 cm³/mol. The number of amides is 2. The molecule has 3 heterocycles. The van der Waals surface area contributed by atoms with Crippen LogP contribution in [0.15, 0.2) is 54.6 Å². The van der Waals surface area contributed by atoms with Gasteiger partial charge in [0.05, 0.1) is 35.8 Å². The number of halogens is 1. The van der Waals surface area contributed by atoms with Crippen molar-refractivity contribution < 1.29 is 24.2 Å². The van der Waals surface area contributed by atoms with E-state index in [4.69, 9.17) is 16.3 Å². The maximum atomic E-state index is 14.1. The molecular weight excluding hydrogens is 500 g/mol. The molecule has 2 N–H and O–H groups in total. The van der Waals surface area contributed by atoms with Gasteiger partial charge in [0.1, 0.15) is 6.04 Å². The van der Waals surface area contributed by atoms with Crippen molar-refractivity contribution in [1.29, 1.82) is 0 Å². The van der Waals surface area contributed by atoms with Gasteiger partial charge in [-0.1, -0.05) is 41.9 Å². The Hall–Kier alpha value is -2.55. The van der Waals surface area contributed by atoms with Gasteiger partial charge in [-0.05, 0) is 56.0 Å². The van der Waals surface area contributed by atoms with Crippen molar-refractivity contribution >= 4 is 46.8 Å². The van der Waals surface area contributed by atoms with Gasteiger partial charge in [0.15, 0.2) is 0 Å². The highest BCUT2D eigenvalue weighted by Gasteiger charge is 2.74. The average Bonchev–Trinajstić information content (AvgIpc) is 3.52. The Morgan fingerprint density at radius 3 is 2.61 bits per heavy atom. The first kappa shape index (κ1) is 25.1. The molecule has 0 radical (unpaired) electrons. The van der Waals surface area contributed by atoms with Crippen molar-refractivity contribution in [3.63, 3.8) is 0 Å². The van der Waals surface area contributed by atoms with Crippen LogP contribution in [0, 0.1) is 11.8 Å². The lowest BCUT2D eigenvalue weighted by Crippen LogP contribution is -2.55. The molecule has 9 heteroatoms. The third-order valence-corrected chi connectivity index (χ3v) is 9.78. The quantitative estimate of drug-likeness (QED) is 0.509. The molecule has 2 unspecified atom stereocenters. The molecule has 7 nitrogen and oxygen atoms in total. The highest BCUT2D eigenvalue weighted by atomic mass is 35.5. The van der Waals surface area contributed by atoms with E-state index in [0.29, 0.717) is 23.6 Å².